The summed E-state index contributed by atoms with van der Waals surface area (Å²) in [7, 11) is 2.49. The molecule has 2 heterocycles. The molecular formula is C47H87N7O14P4S4. The van der Waals surface area contributed by atoms with Crippen LogP contribution in [0.3, 0.4) is 0 Å². The molecule has 2 rings (SSSR count). The van der Waals surface area contributed by atoms with Crippen molar-refractivity contribution in [3.8, 4) is 0 Å². The number of nitrogens with zero attached hydrogens (tertiary/aromatic N) is 2. The fourth-order valence-corrected chi connectivity index (χ4v) is 7.03. The number of imide groups is 2. The monoisotopic (exact) mass is 1230 g/mol. The SMILES string of the molecule is C.C.C.C.C.CC(CCCCNC(=O)COCCOCCNC(=O)CCN1C(=O)C=CC1=O)C(=O)P=S.CC(CCCCNC(=O)COCCOCCNC(=O)CCN1C(=O)C=CC1=O)C(=O)P=S.CCN.S=PP=S. The Morgan fingerprint density at radius 2 is 0.789 bits per heavy atom. The van der Waals surface area contributed by atoms with Gasteiger partial charge in [-0.1, -0.05) is 70.7 Å². The molecular weight excluding hydrogens is 1140 g/mol. The van der Waals surface area contributed by atoms with Crippen LogP contribution in [0.4, 0.5) is 0 Å². The lowest BCUT2D eigenvalue weighted by Crippen LogP contribution is -2.35. The van der Waals surface area contributed by atoms with Gasteiger partial charge in [-0.3, -0.25) is 57.7 Å². The van der Waals surface area contributed by atoms with Crippen molar-refractivity contribution in [1.82, 2.24) is 31.1 Å². The van der Waals surface area contributed by atoms with E-state index >= 15 is 0 Å². The lowest BCUT2D eigenvalue weighted by Gasteiger charge is -2.13. The van der Waals surface area contributed by atoms with Gasteiger partial charge in [-0.05, 0) is 79.5 Å². The van der Waals surface area contributed by atoms with Crippen LogP contribution in [0.2, 0.25) is 0 Å². The van der Waals surface area contributed by atoms with Crippen molar-refractivity contribution in [1.29, 1.82) is 0 Å². The lowest BCUT2D eigenvalue weighted by atomic mass is 10.1. The third-order valence-electron chi connectivity index (χ3n) is 9.10. The van der Waals surface area contributed by atoms with Gasteiger partial charge < -0.3 is 45.9 Å². The summed E-state index contributed by atoms with van der Waals surface area (Å²) in [6.45, 7) is 9.57. The summed E-state index contributed by atoms with van der Waals surface area (Å²) in [6, 6.07) is 0. The Bertz CT molecular complexity index is 1650. The third-order valence-corrected chi connectivity index (χ3v) is 14.1. The zero-order valence-corrected chi connectivity index (χ0v) is 47.2. The van der Waals surface area contributed by atoms with Crippen LogP contribution in [0.25, 0.3) is 0 Å². The van der Waals surface area contributed by atoms with Crippen molar-refractivity contribution in [2.24, 2.45) is 17.6 Å². The van der Waals surface area contributed by atoms with Crippen molar-refractivity contribution in [3.05, 3.63) is 24.3 Å². The van der Waals surface area contributed by atoms with E-state index in [0.717, 1.165) is 69.0 Å². The van der Waals surface area contributed by atoms with Crippen LogP contribution in [0.5, 0.6) is 0 Å². The molecule has 438 valence electrons. The number of ether oxygens (including phenoxy) is 4. The van der Waals surface area contributed by atoms with Crippen LogP contribution in [0.1, 0.15) is 109 Å². The van der Waals surface area contributed by atoms with Gasteiger partial charge in [0.05, 0.1) is 54.4 Å². The molecule has 0 fully saturated rings. The highest BCUT2D eigenvalue weighted by Gasteiger charge is 2.24. The second-order valence-corrected chi connectivity index (χ2v) is 21.4. The number of hydrogen-bond donors (Lipinski definition) is 5. The summed E-state index contributed by atoms with van der Waals surface area (Å²) >= 11 is 18.2. The number of carbonyl (C=O) groups excluding carboxylic acids is 10. The molecule has 0 aromatic carbocycles. The van der Waals surface area contributed by atoms with E-state index in [-0.39, 0.29) is 176 Å². The molecule has 8 amide bonds. The largest absolute Gasteiger partial charge is 0.377 e. The van der Waals surface area contributed by atoms with Crippen LogP contribution in [-0.4, -0.2) is 167 Å². The van der Waals surface area contributed by atoms with E-state index in [1.165, 1.54) is 24.3 Å². The fourth-order valence-electron chi connectivity index (χ4n) is 5.34. The first-order chi connectivity index (χ1) is 34.0. The summed E-state index contributed by atoms with van der Waals surface area (Å²) in [5.41, 5.74) is 4.97. The minimum atomic E-state index is -0.411. The maximum atomic E-state index is 11.7. The molecule has 0 bridgehead atoms. The van der Waals surface area contributed by atoms with Crippen LogP contribution in [-0.2, 0) is 114 Å². The van der Waals surface area contributed by atoms with E-state index in [1.54, 1.807) is 0 Å². The van der Waals surface area contributed by atoms with E-state index in [9.17, 15) is 47.9 Å². The second-order valence-electron chi connectivity index (χ2n) is 14.8. The van der Waals surface area contributed by atoms with Gasteiger partial charge in [-0.25, -0.2) is 0 Å². The third kappa shape index (κ3) is 49.2. The van der Waals surface area contributed by atoms with E-state index < -0.39 is 23.6 Å². The molecule has 29 heteroatoms. The summed E-state index contributed by atoms with van der Waals surface area (Å²) in [5, 5.41) is 10.8. The molecule has 2 unspecified atom stereocenters. The lowest BCUT2D eigenvalue weighted by molar-refractivity contribution is -0.139. The number of carbonyl (C=O) groups is 10. The quantitative estimate of drug-likeness (QED) is 0.0292. The van der Waals surface area contributed by atoms with Gasteiger partial charge >= 0.3 is 0 Å². The molecule has 0 aliphatic carbocycles. The predicted molar refractivity (Wildman–Crippen MR) is 318 cm³/mol. The first-order valence-electron chi connectivity index (χ1n) is 22.6. The van der Waals surface area contributed by atoms with E-state index in [1.807, 2.05) is 20.8 Å². The molecule has 2 aliphatic rings. The summed E-state index contributed by atoms with van der Waals surface area (Å²) in [5.74, 6) is -2.71. The smallest absolute Gasteiger partial charge is 0.253 e. The maximum Gasteiger partial charge on any atom is 0.253 e. The number of nitrogens with two attached hydrogens (primary N) is 1. The first kappa shape index (κ1) is 86.7. The van der Waals surface area contributed by atoms with Gasteiger partial charge in [0, 0.05) is 102 Å². The highest BCUT2D eigenvalue weighted by atomic mass is 32.7. The van der Waals surface area contributed by atoms with Crippen LogP contribution < -0.4 is 27.0 Å². The van der Waals surface area contributed by atoms with Crippen LogP contribution in [0.15, 0.2) is 24.3 Å². The van der Waals surface area contributed by atoms with E-state index in [4.69, 9.17) is 48.3 Å². The van der Waals surface area contributed by atoms with Crippen molar-refractivity contribution < 1.29 is 66.9 Å². The van der Waals surface area contributed by atoms with Gasteiger partial charge in [-0.2, -0.15) is 0 Å². The Morgan fingerprint density at radius 3 is 1.08 bits per heavy atom. The summed E-state index contributed by atoms with van der Waals surface area (Å²) < 4.78 is 21.1. The Kier molecular flexibility index (Phi) is 67.9. The highest BCUT2D eigenvalue weighted by molar-refractivity contribution is 8.40. The van der Waals surface area contributed by atoms with Crippen LogP contribution in [0, 0.1) is 11.8 Å². The maximum absolute atomic E-state index is 11.7. The van der Waals surface area contributed by atoms with Crippen molar-refractivity contribution >= 4 is 134 Å². The van der Waals surface area contributed by atoms with Gasteiger partial charge in [-0.15, -0.1) is 0 Å². The van der Waals surface area contributed by atoms with E-state index in [2.05, 4.69) is 44.9 Å². The number of rotatable bonds is 37. The van der Waals surface area contributed by atoms with Crippen molar-refractivity contribution in [2.45, 2.75) is 109 Å². The Hall–Kier alpha value is -3.14. The van der Waals surface area contributed by atoms with Gasteiger partial charge in [0.1, 0.15) is 13.2 Å². The van der Waals surface area contributed by atoms with Crippen molar-refractivity contribution in [3.63, 3.8) is 0 Å². The predicted octanol–water partition coefficient (Wildman–Crippen LogP) is 5.48. The molecule has 0 radical (unpaired) electrons. The normalized spacial score (nSPS) is 12.6. The number of hydrogen-bond acceptors (Lipinski definition) is 19. The minimum Gasteiger partial charge on any atom is -0.377 e. The van der Waals surface area contributed by atoms with Gasteiger partial charge in [0.2, 0.25) is 23.6 Å². The molecule has 6 N–H and O–H groups in total. The van der Waals surface area contributed by atoms with Gasteiger partial charge in [0.25, 0.3) is 23.6 Å². The number of amides is 8. The summed E-state index contributed by atoms with van der Waals surface area (Å²) in [6.07, 6.45) is 9.56. The average molecular weight is 1230 g/mol. The molecule has 21 nitrogen and oxygen atoms in total. The highest BCUT2D eigenvalue weighted by Crippen LogP contribution is 2.16. The van der Waals surface area contributed by atoms with E-state index in [0.29, 0.717) is 27.8 Å². The first-order valence-corrected chi connectivity index (χ1v) is 30.9. The standard InChI is InChI=1S/2C20H30N3O7PS.C2H7N.5CH4.P2S2/c2*1-15(20(28)31-32)4-2-3-8-21-17(25)14-30-13-12-29-11-9-22-16(24)7-10-23-18(26)5-6-19(23)27;1-2-3;;;;;;3-1-2-4/h2*5-6,15H,2-4,7-14H2,1H3,(H,21,25)(H,22,24);2-3H2,1H3;5*1H4;. The number of nitrogens with one attached hydrogen (secondary N) is 4. The second kappa shape index (κ2) is 59.5. The molecule has 0 saturated heterocycles. The van der Waals surface area contributed by atoms with Gasteiger partial charge in [0.15, 0.2) is 11.0 Å². The summed E-state index contributed by atoms with van der Waals surface area (Å²) in [4.78, 5) is 117. The minimum absolute atomic E-state index is 0. The fraction of sp³-hybridized carbons (Fsp3) is 0.702. The molecule has 0 saturated carbocycles. The zero-order valence-electron chi connectivity index (χ0n) is 40.3. The molecule has 2 aliphatic heterocycles. The Labute approximate surface area is 479 Å². The number of unbranched alkanes of at least 4 members (excludes halogenated alkanes) is 2. The Morgan fingerprint density at radius 1 is 0.500 bits per heavy atom. The van der Waals surface area contributed by atoms with Crippen LogP contribution >= 0.6 is 28.8 Å². The molecule has 76 heavy (non-hydrogen) atoms. The topological polar surface area (TPSA) is 288 Å². The molecule has 2 atom stereocenters. The zero-order chi connectivity index (χ0) is 53.7. The molecule has 0 spiro atoms. The average Bonchev–Trinajstić information content (AvgIpc) is 3.86. The Balaban J connectivity index is -0.000000210. The van der Waals surface area contributed by atoms with Crippen molar-refractivity contribution in [2.75, 3.05) is 98.7 Å². The molecule has 0 aromatic heterocycles. The molecule has 0 aromatic rings.